The maximum atomic E-state index is 13.1. The van der Waals surface area contributed by atoms with Gasteiger partial charge in [0.2, 0.25) is 0 Å². The molecule has 0 aromatic heterocycles. The van der Waals surface area contributed by atoms with Gasteiger partial charge in [0, 0.05) is 0 Å². The van der Waals surface area contributed by atoms with Crippen LogP contribution in [0.2, 0.25) is 0 Å². The zero-order valence-electron chi connectivity index (χ0n) is 19.9. The van der Waals surface area contributed by atoms with E-state index in [1.165, 1.54) is 5.39 Å². The van der Waals surface area contributed by atoms with Crippen LogP contribution in [0.4, 0.5) is 0 Å². The molecule has 2 amide bonds. The molecule has 2 bridgehead atoms. The van der Waals surface area contributed by atoms with E-state index in [2.05, 4.69) is 41.5 Å². The Hall–Kier alpha value is -3.93. The van der Waals surface area contributed by atoms with Gasteiger partial charge >= 0.3 is 0 Å². The molecule has 6 atom stereocenters. The Labute approximate surface area is 209 Å². The number of carbonyl (C=O) groups excluding carboxylic acids is 2. The van der Waals surface area contributed by atoms with E-state index in [1.807, 2.05) is 30.3 Å². The third-order valence-corrected chi connectivity index (χ3v) is 8.41. The molecule has 3 aromatic carbocycles. The van der Waals surface area contributed by atoms with Crippen molar-refractivity contribution in [3.63, 3.8) is 0 Å². The molecular weight excluding hydrogens is 452 g/mol. The minimum atomic E-state index is -0.243. The van der Waals surface area contributed by atoms with Gasteiger partial charge in [-0.15, -0.1) is 0 Å². The predicted molar refractivity (Wildman–Crippen MR) is 135 cm³/mol. The molecule has 1 saturated heterocycles. The molecule has 1 aliphatic heterocycles. The molecule has 4 aliphatic carbocycles. The second kappa shape index (κ2) is 8.05. The maximum absolute atomic E-state index is 13.1. The number of imide groups is 1. The number of hydrazone groups is 1. The van der Waals surface area contributed by atoms with Crippen molar-refractivity contribution in [3.05, 3.63) is 83.9 Å². The lowest BCUT2D eigenvalue weighted by Gasteiger charge is -2.37. The fourth-order valence-electron chi connectivity index (χ4n) is 6.64. The third kappa shape index (κ3) is 3.20. The first-order chi connectivity index (χ1) is 17.6. The Balaban J connectivity index is 1.08. The summed E-state index contributed by atoms with van der Waals surface area (Å²) in [4.78, 5) is 26.3. The molecule has 3 fully saturated rings. The van der Waals surface area contributed by atoms with Gasteiger partial charge in [-0.1, -0.05) is 54.6 Å². The fourth-order valence-corrected chi connectivity index (χ4v) is 6.64. The van der Waals surface area contributed by atoms with Gasteiger partial charge in [0.15, 0.2) is 11.5 Å². The van der Waals surface area contributed by atoms with Crippen molar-refractivity contribution in [3.8, 4) is 11.5 Å². The van der Waals surface area contributed by atoms with Gasteiger partial charge in [-0.05, 0) is 70.2 Å². The zero-order chi connectivity index (χ0) is 24.4. The monoisotopic (exact) mass is 478 g/mol. The Morgan fingerprint density at radius 2 is 1.64 bits per heavy atom. The van der Waals surface area contributed by atoms with Gasteiger partial charge in [-0.2, -0.15) is 10.1 Å². The number of benzene rings is 3. The van der Waals surface area contributed by atoms with Crippen molar-refractivity contribution in [1.82, 2.24) is 5.01 Å². The van der Waals surface area contributed by atoms with Crippen molar-refractivity contribution < 1.29 is 19.1 Å². The van der Waals surface area contributed by atoms with Crippen LogP contribution >= 0.6 is 0 Å². The summed E-state index contributed by atoms with van der Waals surface area (Å²) < 4.78 is 11.7. The maximum Gasteiger partial charge on any atom is 0.254 e. The van der Waals surface area contributed by atoms with Gasteiger partial charge in [0.1, 0.15) is 6.61 Å². The Bertz CT molecular complexity index is 1420. The van der Waals surface area contributed by atoms with Crippen LogP contribution in [0.3, 0.4) is 0 Å². The summed E-state index contributed by atoms with van der Waals surface area (Å²) in [6, 6.07) is 19.9. The highest BCUT2D eigenvalue weighted by molar-refractivity contribution is 6.06. The average molecular weight is 479 g/mol. The van der Waals surface area contributed by atoms with Gasteiger partial charge in [0.25, 0.3) is 11.8 Å². The molecule has 36 heavy (non-hydrogen) atoms. The Kier molecular flexibility index (Phi) is 4.78. The standard InChI is InChI=1S/C30H26N2O4/c1-35-26-13-17(9-12-25(26)36-16-19-7-4-6-18-5-2-3-8-20(18)19)15-31-32-29(33)27-21-10-11-22(24-14-23(21)24)28(27)30(32)34/h2-13,15,21-24,27-28H,14,16H2,1H3/t21-,22-,23-,24-,27+,28+/m0/s1. The molecule has 0 spiro atoms. The van der Waals surface area contributed by atoms with Gasteiger partial charge < -0.3 is 9.47 Å². The first-order valence-corrected chi connectivity index (χ1v) is 12.5. The van der Waals surface area contributed by atoms with E-state index >= 15 is 0 Å². The summed E-state index contributed by atoms with van der Waals surface area (Å²) in [5, 5.41) is 7.76. The second-order valence-electron chi connectivity index (χ2n) is 10.2. The number of carbonyl (C=O) groups is 2. The zero-order valence-corrected chi connectivity index (χ0v) is 19.9. The molecule has 5 aliphatic rings. The SMILES string of the molecule is COc1cc(C=NN2C(=O)[C@@H]3[C@H]4C=C[C@@H]([C@@H]5C[C@@H]45)[C@H]3C2=O)ccc1OCc1cccc2ccccc12. The van der Waals surface area contributed by atoms with Crippen molar-refractivity contribution in [1.29, 1.82) is 0 Å². The minimum absolute atomic E-state index is 0.159. The first kappa shape index (κ1) is 21.4. The van der Waals surface area contributed by atoms with Crippen LogP contribution in [0.25, 0.3) is 10.8 Å². The van der Waals surface area contributed by atoms with E-state index in [9.17, 15) is 9.59 Å². The van der Waals surface area contributed by atoms with E-state index in [0.717, 1.165) is 27.9 Å². The van der Waals surface area contributed by atoms with Crippen LogP contribution in [0.15, 0.2) is 77.9 Å². The molecule has 0 N–H and O–H groups in total. The summed E-state index contributed by atoms with van der Waals surface area (Å²) in [5.74, 6) is 1.92. The van der Waals surface area contributed by atoms with Crippen LogP contribution in [0, 0.1) is 35.5 Å². The van der Waals surface area contributed by atoms with Gasteiger partial charge in [0.05, 0.1) is 25.2 Å². The van der Waals surface area contributed by atoms with Gasteiger partial charge in [-0.25, -0.2) is 0 Å². The molecule has 1 heterocycles. The summed E-state index contributed by atoms with van der Waals surface area (Å²) in [5.41, 5.74) is 1.82. The van der Waals surface area contributed by atoms with Crippen LogP contribution in [-0.4, -0.2) is 30.1 Å². The summed E-state index contributed by atoms with van der Waals surface area (Å²) in [6.07, 6.45) is 7.04. The number of allylic oxidation sites excluding steroid dienone is 2. The highest BCUT2D eigenvalue weighted by atomic mass is 16.5. The lowest BCUT2D eigenvalue weighted by molar-refractivity contribution is -0.140. The normalized spacial score (nSPS) is 29.6. The largest absolute Gasteiger partial charge is 0.493 e. The van der Waals surface area contributed by atoms with Crippen LogP contribution < -0.4 is 9.47 Å². The molecule has 180 valence electrons. The number of ether oxygens (including phenoxy) is 2. The molecule has 2 saturated carbocycles. The summed E-state index contributed by atoms with van der Waals surface area (Å²) in [6.45, 7) is 0.406. The molecule has 8 rings (SSSR count). The first-order valence-electron chi connectivity index (χ1n) is 12.5. The summed E-state index contributed by atoms with van der Waals surface area (Å²) >= 11 is 0. The van der Waals surface area contributed by atoms with Crippen LogP contribution in [-0.2, 0) is 16.2 Å². The Morgan fingerprint density at radius 3 is 2.39 bits per heavy atom. The van der Waals surface area contributed by atoms with Crippen molar-refractivity contribution >= 4 is 28.8 Å². The molecule has 6 heteroatoms. The lowest BCUT2D eigenvalue weighted by atomic mass is 9.63. The molecule has 0 unspecified atom stereocenters. The predicted octanol–water partition coefficient (Wildman–Crippen LogP) is 4.81. The topological polar surface area (TPSA) is 68.2 Å². The Morgan fingerprint density at radius 1 is 0.917 bits per heavy atom. The molecule has 3 aromatic rings. The highest BCUT2D eigenvalue weighted by Crippen LogP contribution is 2.65. The number of rotatable bonds is 6. The quantitative estimate of drug-likeness (QED) is 0.290. The minimum Gasteiger partial charge on any atom is -0.493 e. The average Bonchev–Trinajstić information content (AvgIpc) is 3.70. The molecule has 6 nitrogen and oxygen atoms in total. The molecule has 0 radical (unpaired) electrons. The van der Waals surface area contributed by atoms with Crippen LogP contribution in [0.1, 0.15) is 17.5 Å². The third-order valence-electron chi connectivity index (χ3n) is 8.41. The smallest absolute Gasteiger partial charge is 0.254 e. The van der Waals surface area contributed by atoms with E-state index in [0.29, 0.717) is 29.9 Å². The van der Waals surface area contributed by atoms with Crippen molar-refractivity contribution in [2.75, 3.05) is 7.11 Å². The van der Waals surface area contributed by atoms with E-state index < -0.39 is 0 Å². The van der Waals surface area contributed by atoms with Crippen LogP contribution in [0.5, 0.6) is 11.5 Å². The van der Waals surface area contributed by atoms with Crippen molar-refractivity contribution in [2.45, 2.75) is 13.0 Å². The number of methoxy groups -OCH3 is 1. The number of hydrogen-bond acceptors (Lipinski definition) is 5. The van der Waals surface area contributed by atoms with E-state index in [4.69, 9.17) is 9.47 Å². The van der Waals surface area contributed by atoms with Crippen molar-refractivity contribution in [2.24, 2.45) is 40.6 Å². The number of hydrogen-bond donors (Lipinski definition) is 0. The van der Waals surface area contributed by atoms with Gasteiger partial charge in [-0.3, -0.25) is 9.59 Å². The number of nitrogens with zero attached hydrogens (tertiary/aromatic N) is 2. The summed E-state index contributed by atoms with van der Waals surface area (Å²) in [7, 11) is 1.59. The number of fused-ring (bicyclic) bond motifs is 1. The lowest BCUT2D eigenvalue weighted by Crippen LogP contribution is -2.40. The second-order valence-corrected chi connectivity index (χ2v) is 10.2. The molecular formula is C30H26N2O4. The highest BCUT2D eigenvalue weighted by Gasteiger charge is 2.67. The number of amides is 2. The fraction of sp³-hybridized carbons (Fsp3) is 0.300. The van der Waals surface area contributed by atoms with E-state index in [1.54, 1.807) is 19.4 Å². The van der Waals surface area contributed by atoms with E-state index in [-0.39, 0.29) is 35.5 Å².